The van der Waals surface area contributed by atoms with Gasteiger partial charge in [-0.05, 0) is 79.4 Å². The summed E-state index contributed by atoms with van der Waals surface area (Å²) in [4.78, 5) is 34.3. The fourth-order valence-corrected chi connectivity index (χ4v) is 7.18. The van der Waals surface area contributed by atoms with Gasteiger partial charge in [-0.2, -0.15) is 0 Å². The van der Waals surface area contributed by atoms with E-state index in [9.17, 15) is 14.7 Å². The summed E-state index contributed by atoms with van der Waals surface area (Å²) in [6, 6.07) is 16.7. The first-order valence-corrected chi connectivity index (χ1v) is 17.4. The standard InChI is InChI=1S/C38H39Cl2N3O8.H2O/c1-47-27-8-9-32(44)31(17-27)43(38(46)51-36-22-42-13-11-24(36)12-14-42)21-23-5-4-6-26(15-23)37(45)50-34(18-28-29(39)19-41-20-30(28)40)25-7-10-33(48-2)35(16-25)49-3;/h4-10,15-17,19-20,24,34,36,44H,11-14,18,21-22H2,1-3H3;1H2/t34-,36-;/m0./s1. The Balaban J connectivity index is 0.00000523. The van der Waals surface area contributed by atoms with Crippen molar-refractivity contribution < 1.29 is 48.8 Å². The van der Waals surface area contributed by atoms with E-state index in [-0.39, 0.29) is 47.5 Å². The fraction of sp³-hybridized carbons (Fsp3) is 0.342. The Kier molecular flexibility index (Phi) is 12.7. The van der Waals surface area contributed by atoms with Crippen LogP contribution in [-0.4, -0.2) is 74.6 Å². The molecule has 3 saturated heterocycles. The second kappa shape index (κ2) is 17.2. The molecule has 7 rings (SSSR count). The molecule has 0 radical (unpaired) electrons. The van der Waals surface area contributed by atoms with Crippen LogP contribution in [0.5, 0.6) is 23.0 Å². The number of halogens is 2. The van der Waals surface area contributed by atoms with Gasteiger partial charge in [0.25, 0.3) is 0 Å². The lowest BCUT2D eigenvalue weighted by molar-refractivity contribution is -0.377. The summed E-state index contributed by atoms with van der Waals surface area (Å²) in [5, 5.41) is 11.7. The van der Waals surface area contributed by atoms with Crippen LogP contribution in [0.25, 0.3) is 0 Å². The number of H-pyrrole nitrogens is 1. The molecule has 52 heavy (non-hydrogen) atoms. The molecule has 3 fully saturated rings. The normalized spacial score (nSPS) is 18.1. The van der Waals surface area contributed by atoms with E-state index in [4.69, 9.17) is 46.9 Å². The highest BCUT2D eigenvalue weighted by atomic mass is 35.5. The fourth-order valence-electron chi connectivity index (χ4n) is 6.65. The number of esters is 1. The van der Waals surface area contributed by atoms with Gasteiger partial charge in [-0.3, -0.25) is 9.80 Å². The van der Waals surface area contributed by atoms with Gasteiger partial charge in [0.05, 0.1) is 39.1 Å². The topological polar surface area (TPSA) is 151 Å². The molecule has 12 nitrogen and oxygen atoms in total. The SMILES string of the molecule is COc1ccc(O)c(N(Cc2cccc(C(=O)O[C@@H](Cc3c(Cl)c[nH+]cc3Cl)c3ccc(OC)c(OC)c3)c2)C(=O)O[C@H]2CN3CCC2CC3)c1.[OH-]. The minimum atomic E-state index is -0.819. The molecule has 2 atom stereocenters. The van der Waals surface area contributed by atoms with Gasteiger partial charge in [0.15, 0.2) is 23.9 Å². The monoisotopic (exact) mass is 753 g/mol. The number of aromatic amines is 1. The van der Waals surface area contributed by atoms with E-state index in [0.717, 1.165) is 25.9 Å². The van der Waals surface area contributed by atoms with Crippen molar-refractivity contribution in [1.29, 1.82) is 0 Å². The van der Waals surface area contributed by atoms with E-state index in [2.05, 4.69) is 9.88 Å². The molecule has 276 valence electrons. The number of carbonyl (C=O) groups excluding carboxylic acids is 2. The number of pyridine rings is 1. The number of phenols is 1. The third-order valence-electron chi connectivity index (χ3n) is 9.46. The van der Waals surface area contributed by atoms with Crippen molar-refractivity contribution >= 4 is 41.0 Å². The Hall–Kier alpha value is -4.75. The lowest BCUT2D eigenvalue weighted by Gasteiger charge is -2.44. The molecule has 1 amide bonds. The maximum absolute atomic E-state index is 13.9. The molecule has 3 aromatic carbocycles. The number of hydrogen-bond acceptors (Lipinski definition) is 10. The number of aromatic nitrogens is 1. The van der Waals surface area contributed by atoms with E-state index >= 15 is 0 Å². The number of carbonyl (C=O) groups is 2. The van der Waals surface area contributed by atoms with Crippen molar-refractivity contribution in [3.8, 4) is 23.0 Å². The van der Waals surface area contributed by atoms with Gasteiger partial charge < -0.3 is 34.3 Å². The van der Waals surface area contributed by atoms with Crippen LogP contribution in [0.1, 0.15) is 46.0 Å². The van der Waals surface area contributed by atoms with Crippen LogP contribution in [0.15, 0.2) is 73.1 Å². The van der Waals surface area contributed by atoms with Crippen molar-refractivity contribution in [3.05, 3.63) is 105 Å². The largest absolute Gasteiger partial charge is 0.870 e. The molecule has 14 heteroatoms. The van der Waals surface area contributed by atoms with E-state index in [0.29, 0.717) is 50.5 Å². The summed E-state index contributed by atoms with van der Waals surface area (Å²) in [7, 11) is 4.57. The number of rotatable bonds is 12. The van der Waals surface area contributed by atoms with Crippen LogP contribution >= 0.6 is 23.2 Å². The number of aromatic hydroxyl groups is 1. The number of nitrogens with one attached hydrogen (secondary N) is 1. The molecule has 3 aliphatic heterocycles. The number of ether oxygens (including phenoxy) is 5. The van der Waals surface area contributed by atoms with Gasteiger partial charge in [-0.15, -0.1) is 0 Å². The molecule has 2 bridgehead atoms. The van der Waals surface area contributed by atoms with Crippen LogP contribution in [0.2, 0.25) is 10.0 Å². The molecule has 0 saturated carbocycles. The Morgan fingerprint density at radius 1 is 0.942 bits per heavy atom. The molecule has 0 spiro atoms. The van der Waals surface area contributed by atoms with Crippen LogP contribution < -0.4 is 24.1 Å². The first-order chi connectivity index (χ1) is 24.7. The number of hydrogen-bond donors (Lipinski definition) is 1. The second-order valence-corrected chi connectivity index (χ2v) is 13.4. The van der Waals surface area contributed by atoms with E-state index in [1.54, 1.807) is 67.0 Å². The van der Waals surface area contributed by atoms with Crippen LogP contribution in [-0.2, 0) is 22.4 Å². The summed E-state index contributed by atoms with van der Waals surface area (Å²) in [6.07, 6.45) is 3.64. The van der Waals surface area contributed by atoms with Gasteiger partial charge >= 0.3 is 12.1 Å². The number of benzene rings is 3. The predicted octanol–water partition coefficient (Wildman–Crippen LogP) is 6.74. The van der Waals surface area contributed by atoms with Gasteiger partial charge in [-0.1, -0.05) is 41.4 Å². The number of methoxy groups -OCH3 is 3. The van der Waals surface area contributed by atoms with Crippen molar-refractivity contribution in [2.24, 2.45) is 5.92 Å². The van der Waals surface area contributed by atoms with Gasteiger partial charge in [0.2, 0.25) is 0 Å². The lowest BCUT2D eigenvalue weighted by atomic mass is 9.86. The van der Waals surface area contributed by atoms with Crippen LogP contribution in [0.3, 0.4) is 0 Å². The first-order valence-electron chi connectivity index (χ1n) is 16.6. The van der Waals surface area contributed by atoms with E-state index < -0.39 is 18.2 Å². The molecule has 4 aromatic rings. The molecular weight excluding hydrogens is 713 g/mol. The quantitative estimate of drug-likeness (QED) is 0.154. The average molecular weight is 755 g/mol. The minimum absolute atomic E-state index is 0. The molecule has 1 aromatic heterocycles. The van der Waals surface area contributed by atoms with Crippen molar-refractivity contribution in [2.75, 3.05) is 45.9 Å². The van der Waals surface area contributed by atoms with Crippen molar-refractivity contribution in [2.45, 2.75) is 38.0 Å². The Labute approximate surface area is 312 Å². The number of piperidine rings is 3. The molecule has 3 N–H and O–H groups in total. The molecule has 3 aliphatic rings. The second-order valence-electron chi connectivity index (χ2n) is 12.5. The molecular formula is C38H41Cl2N3O9. The minimum Gasteiger partial charge on any atom is -0.870 e. The number of nitrogens with zero attached hydrogens (tertiary/aromatic N) is 2. The Morgan fingerprint density at radius 3 is 2.33 bits per heavy atom. The van der Waals surface area contributed by atoms with Gasteiger partial charge in [0.1, 0.15) is 33.8 Å². The van der Waals surface area contributed by atoms with Crippen molar-refractivity contribution in [1.82, 2.24) is 4.90 Å². The zero-order valence-electron chi connectivity index (χ0n) is 29.0. The smallest absolute Gasteiger partial charge is 0.415 e. The maximum Gasteiger partial charge on any atom is 0.415 e. The van der Waals surface area contributed by atoms with Gasteiger partial charge in [-0.25, -0.2) is 14.6 Å². The molecule has 0 aliphatic carbocycles. The first kappa shape index (κ1) is 38.5. The maximum atomic E-state index is 13.9. The summed E-state index contributed by atoms with van der Waals surface area (Å²) in [5.41, 5.74) is 2.29. The van der Waals surface area contributed by atoms with Crippen LogP contribution in [0.4, 0.5) is 10.5 Å². The molecule has 4 heterocycles. The number of fused-ring (bicyclic) bond motifs is 3. The third kappa shape index (κ3) is 8.64. The average Bonchev–Trinajstić information content (AvgIpc) is 3.15. The summed E-state index contributed by atoms with van der Waals surface area (Å²) in [5.74, 6) is 0.988. The summed E-state index contributed by atoms with van der Waals surface area (Å²) < 4.78 is 28.6. The third-order valence-corrected chi connectivity index (χ3v) is 10.1. The Morgan fingerprint density at radius 2 is 1.67 bits per heavy atom. The highest BCUT2D eigenvalue weighted by Gasteiger charge is 2.38. The van der Waals surface area contributed by atoms with Crippen molar-refractivity contribution in [3.63, 3.8) is 0 Å². The van der Waals surface area contributed by atoms with Crippen LogP contribution in [0, 0.1) is 5.92 Å². The zero-order valence-corrected chi connectivity index (χ0v) is 30.5. The number of anilines is 1. The van der Waals surface area contributed by atoms with E-state index in [1.807, 2.05) is 0 Å². The highest BCUT2D eigenvalue weighted by molar-refractivity contribution is 6.35. The van der Waals surface area contributed by atoms with Gasteiger partial charge in [0, 0.05) is 24.6 Å². The predicted molar refractivity (Wildman–Crippen MR) is 193 cm³/mol. The Bertz CT molecular complexity index is 1870. The molecule has 0 unspecified atom stereocenters. The summed E-state index contributed by atoms with van der Waals surface area (Å²) >= 11 is 13.0. The zero-order chi connectivity index (χ0) is 36.1. The number of phenolic OH excluding ortho intramolecular Hbond substituents is 1. The lowest BCUT2D eigenvalue weighted by Crippen LogP contribution is -2.53. The summed E-state index contributed by atoms with van der Waals surface area (Å²) in [6.45, 7) is 2.67. The highest BCUT2D eigenvalue weighted by Crippen LogP contribution is 2.37. The van der Waals surface area contributed by atoms with E-state index in [1.165, 1.54) is 32.3 Å². The number of amides is 1.